The summed E-state index contributed by atoms with van der Waals surface area (Å²) in [5, 5.41) is 3.48. The topological polar surface area (TPSA) is 24.5 Å². The van der Waals surface area contributed by atoms with Gasteiger partial charge in [-0.3, -0.25) is 0 Å². The molecule has 96 valence electrons. The number of nitrogens with zero attached hydrogens (tertiary/aromatic N) is 1. The number of methoxy groups -OCH3 is 1. The van der Waals surface area contributed by atoms with Crippen LogP contribution in [0.5, 0.6) is 0 Å². The van der Waals surface area contributed by atoms with Crippen molar-refractivity contribution in [1.29, 1.82) is 0 Å². The third-order valence-corrected chi connectivity index (χ3v) is 3.31. The third-order valence-electron chi connectivity index (χ3n) is 3.31. The largest absolute Gasteiger partial charge is 0.380 e. The summed E-state index contributed by atoms with van der Waals surface area (Å²) in [4.78, 5) is 2.09. The molecule has 0 fully saturated rings. The molecule has 0 radical (unpaired) electrons. The molecule has 3 nitrogen and oxygen atoms in total. The molecule has 1 aromatic rings. The normalized spacial score (nSPS) is 13.3. The lowest BCUT2D eigenvalue weighted by Gasteiger charge is -2.32. The Morgan fingerprint density at radius 1 is 1.29 bits per heavy atom. The lowest BCUT2D eigenvalue weighted by molar-refractivity contribution is 0.0107. The van der Waals surface area contributed by atoms with E-state index < -0.39 is 0 Å². The van der Waals surface area contributed by atoms with Gasteiger partial charge in [0.1, 0.15) is 0 Å². The Balaban J connectivity index is 2.78. The van der Waals surface area contributed by atoms with Crippen molar-refractivity contribution in [2.45, 2.75) is 32.4 Å². The number of hydrogen-bond donors (Lipinski definition) is 1. The summed E-state index contributed by atoms with van der Waals surface area (Å²) < 4.78 is 5.48. The van der Waals surface area contributed by atoms with E-state index in [1.54, 1.807) is 7.11 Å². The Hall–Kier alpha value is -1.22. The van der Waals surface area contributed by atoms with Crippen molar-refractivity contribution in [2.24, 2.45) is 0 Å². The summed E-state index contributed by atoms with van der Waals surface area (Å²) in [7, 11) is 5.83. The Labute approximate surface area is 105 Å². The van der Waals surface area contributed by atoms with Gasteiger partial charge in [0, 0.05) is 32.6 Å². The van der Waals surface area contributed by atoms with Crippen molar-refractivity contribution in [3.63, 3.8) is 0 Å². The fourth-order valence-corrected chi connectivity index (χ4v) is 1.47. The van der Waals surface area contributed by atoms with Crippen molar-refractivity contribution in [1.82, 2.24) is 0 Å². The first-order valence-electron chi connectivity index (χ1n) is 5.96. The predicted molar refractivity (Wildman–Crippen MR) is 74.9 cm³/mol. The zero-order chi connectivity index (χ0) is 13.1. The standard InChI is InChI=1S/C14H24N2O/c1-11(14(2,3)17-6)15-12-8-7-9-13(10-12)16(4)5/h7-11,15H,1-6H3. The van der Waals surface area contributed by atoms with Crippen LogP contribution in [0.3, 0.4) is 0 Å². The maximum atomic E-state index is 5.48. The van der Waals surface area contributed by atoms with E-state index in [1.807, 2.05) is 14.1 Å². The van der Waals surface area contributed by atoms with Crippen LogP contribution in [0.1, 0.15) is 20.8 Å². The molecule has 0 heterocycles. The molecule has 1 N–H and O–H groups in total. The summed E-state index contributed by atoms with van der Waals surface area (Å²) >= 11 is 0. The minimum absolute atomic E-state index is 0.186. The molecule has 0 aliphatic carbocycles. The van der Waals surface area contributed by atoms with Crippen LogP contribution >= 0.6 is 0 Å². The van der Waals surface area contributed by atoms with Gasteiger partial charge in [-0.2, -0.15) is 0 Å². The highest BCUT2D eigenvalue weighted by atomic mass is 16.5. The second kappa shape index (κ2) is 5.41. The molecule has 0 bridgehead atoms. The quantitative estimate of drug-likeness (QED) is 0.850. The molecule has 17 heavy (non-hydrogen) atoms. The van der Waals surface area contributed by atoms with Crippen LogP contribution < -0.4 is 10.2 Å². The number of benzene rings is 1. The van der Waals surface area contributed by atoms with E-state index in [0.717, 1.165) is 5.69 Å². The Morgan fingerprint density at radius 2 is 1.94 bits per heavy atom. The molecule has 0 saturated carbocycles. The summed E-state index contributed by atoms with van der Waals surface area (Å²) in [6.45, 7) is 6.30. The summed E-state index contributed by atoms with van der Waals surface area (Å²) in [5.74, 6) is 0. The fraction of sp³-hybridized carbons (Fsp3) is 0.571. The number of ether oxygens (including phenoxy) is 1. The second-order valence-corrected chi connectivity index (χ2v) is 5.12. The molecule has 3 heteroatoms. The zero-order valence-corrected chi connectivity index (χ0v) is 11.7. The molecule has 0 saturated heterocycles. The number of nitrogens with one attached hydrogen (secondary N) is 1. The molecule has 0 aromatic heterocycles. The van der Waals surface area contributed by atoms with Gasteiger partial charge in [0.05, 0.1) is 11.6 Å². The van der Waals surface area contributed by atoms with Gasteiger partial charge < -0.3 is 15.0 Å². The van der Waals surface area contributed by atoms with E-state index in [0.29, 0.717) is 0 Å². The van der Waals surface area contributed by atoms with E-state index in [4.69, 9.17) is 4.74 Å². The molecule has 1 rings (SSSR count). The molecule has 0 spiro atoms. The maximum absolute atomic E-state index is 5.48. The van der Waals surface area contributed by atoms with E-state index in [-0.39, 0.29) is 11.6 Å². The van der Waals surface area contributed by atoms with Gasteiger partial charge in [0.2, 0.25) is 0 Å². The van der Waals surface area contributed by atoms with Gasteiger partial charge in [0.25, 0.3) is 0 Å². The minimum atomic E-state index is -0.186. The first-order valence-corrected chi connectivity index (χ1v) is 5.96. The van der Waals surface area contributed by atoms with Gasteiger partial charge in [-0.1, -0.05) is 6.07 Å². The van der Waals surface area contributed by atoms with E-state index in [2.05, 4.69) is 55.3 Å². The predicted octanol–water partition coefficient (Wildman–Crippen LogP) is 2.98. The van der Waals surface area contributed by atoms with Crippen molar-refractivity contribution in [3.8, 4) is 0 Å². The highest BCUT2D eigenvalue weighted by molar-refractivity contribution is 5.57. The van der Waals surface area contributed by atoms with Crippen LogP contribution in [0.15, 0.2) is 24.3 Å². The van der Waals surface area contributed by atoms with Gasteiger partial charge in [-0.15, -0.1) is 0 Å². The minimum Gasteiger partial charge on any atom is -0.380 e. The molecular weight excluding hydrogens is 212 g/mol. The lowest BCUT2D eigenvalue weighted by atomic mass is 10.00. The Morgan fingerprint density at radius 3 is 2.47 bits per heavy atom. The van der Waals surface area contributed by atoms with E-state index in [1.165, 1.54) is 5.69 Å². The first kappa shape index (κ1) is 13.8. The lowest BCUT2D eigenvalue weighted by Crippen LogP contribution is -2.41. The molecule has 0 aliphatic heterocycles. The second-order valence-electron chi connectivity index (χ2n) is 5.12. The van der Waals surface area contributed by atoms with Crippen molar-refractivity contribution in [2.75, 3.05) is 31.4 Å². The van der Waals surface area contributed by atoms with Crippen LogP contribution in [0.25, 0.3) is 0 Å². The SMILES string of the molecule is COC(C)(C)C(C)Nc1cccc(N(C)C)c1. The molecule has 1 aromatic carbocycles. The molecule has 0 aliphatic rings. The monoisotopic (exact) mass is 236 g/mol. The average molecular weight is 236 g/mol. The Bertz CT molecular complexity index is 361. The Kier molecular flexibility index (Phi) is 4.40. The van der Waals surface area contributed by atoms with Crippen molar-refractivity contribution in [3.05, 3.63) is 24.3 Å². The number of hydrogen-bond acceptors (Lipinski definition) is 3. The van der Waals surface area contributed by atoms with Crippen LogP contribution in [0, 0.1) is 0 Å². The van der Waals surface area contributed by atoms with E-state index >= 15 is 0 Å². The summed E-state index contributed by atoms with van der Waals surface area (Å²) in [5.41, 5.74) is 2.12. The molecular formula is C14H24N2O. The van der Waals surface area contributed by atoms with Crippen LogP contribution in [0.4, 0.5) is 11.4 Å². The smallest absolute Gasteiger partial charge is 0.0820 e. The van der Waals surface area contributed by atoms with Crippen LogP contribution in [0.2, 0.25) is 0 Å². The number of anilines is 2. The van der Waals surface area contributed by atoms with Crippen molar-refractivity contribution >= 4 is 11.4 Å². The van der Waals surface area contributed by atoms with Gasteiger partial charge in [0.15, 0.2) is 0 Å². The van der Waals surface area contributed by atoms with Crippen molar-refractivity contribution < 1.29 is 4.74 Å². The van der Waals surface area contributed by atoms with Crippen LogP contribution in [-0.2, 0) is 4.74 Å². The average Bonchev–Trinajstić information content (AvgIpc) is 2.29. The van der Waals surface area contributed by atoms with Gasteiger partial charge in [-0.05, 0) is 39.0 Å². The molecule has 1 atom stereocenters. The zero-order valence-electron chi connectivity index (χ0n) is 11.7. The third kappa shape index (κ3) is 3.63. The summed E-state index contributed by atoms with van der Waals surface area (Å²) in [6.07, 6.45) is 0. The van der Waals surface area contributed by atoms with Gasteiger partial charge in [-0.25, -0.2) is 0 Å². The summed E-state index contributed by atoms with van der Waals surface area (Å²) in [6, 6.07) is 8.61. The molecule has 0 amide bonds. The maximum Gasteiger partial charge on any atom is 0.0820 e. The highest BCUT2D eigenvalue weighted by Crippen LogP contribution is 2.22. The first-order chi connectivity index (χ1) is 7.86. The number of rotatable bonds is 5. The van der Waals surface area contributed by atoms with Gasteiger partial charge >= 0.3 is 0 Å². The highest BCUT2D eigenvalue weighted by Gasteiger charge is 2.24. The fourth-order valence-electron chi connectivity index (χ4n) is 1.47. The van der Waals surface area contributed by atoms with Crippen LogP contribution in [-0.4, -0.2) is 32.8 Å². The molecule has 1 unspecified atom stereocenters. The van der Waals surface area contributed by atoms with E-state index in [9.17, 15) is 0 Å².